The summed E-state index contributed by atoms with van der Waals surface area (Å²) in [5, 5.41) is 3.55. The van der Waals surface area contributed by atoms with Crippen molar-refractivity contribution in [3.05, 3.63) is 29.6 Å². The maximum atomic E-state index is 13.3. The van der Waals surface area contributed by atoms with E-state index in [1.807, 2.05) is 13.8 Å². The summed E-state index contributed by atoms with van der Waals surface area (Å²) in [7, 11) is -1.83. The number of pyridine rings is 1. The van der Waals surface area contributed by atoms with E-state index >= 15 is 0 Å². The van der Waals surface area contributed by atoms with E-state index in [-0.39, 0.29) is 28.1 Å². The highest BCUT2D eigenvalue weighted by atomic mass is 32.2. The molecule has 0 bridgehead atoms. The molecular weight excluding hydrogens is 357 g/mol. The highest BCUT2D eigenvalue weighted by molar-refractivity contribution is 7.90. The number of alkyl halides is 3. The fourth-order valence-corrected chi connectivity index (χ4v) is 2.87. The van der Waals surface area contributed by atoms with Crippen molar-refractivity contribution in [2.24, 2.45) is 0 Å². The summed E-state index contributed by atoms with van der Waals surface area (Å²) in [5.74, 6) is 0.274. The zero-order valence-corrected chi connectivity index (χ0v) is 15.3. The summed E-state index contributed by atoms with van der Waals surface area (Å²) in [6.07, 6.45) is -2.39. The van der Waals surface area contributed by atoms with Gasteiger partial charge in [0.05, 0.1) is 11.9 Å². The fourth-order valence-electron chi connectivity index (χ4n) is 2.31. The van der Waals surface area contributed by atoms with E-state index in [1.54, 1.807) is 11.9 Å². The van der Waals surface area contributed by atoms with Crippen LogP contribution in [0, 0.1) is 6.92 Å². The van der Waals surface area contributed by atoms with E-state index in [0.29, 0.717) is 0 Å². The van der Waals surface area contributed by atoms with Crippen LogP contribution >= 0.6 is 0 Å². The lowest BCUT2D eigenvalue weighted by Gasteiger charge is -2.25. The normalized spacial score (nSPS) is 12.7. The summed E-state index contributed by atoms with van der Waals surface area (Å²) in [6.45, 7) is 5.04. The Bertz CT molecular complexity index is 871. The van der Waals surface area contributed by atoms with E-state index in [0.717, 1.165) is 10.9 Å². The number of sulfone groups is 1. The predicted molar refractivity (Wildman–Crippen MR) is 87.7 cm³/mol. The molecular formula is C15H19F3N4O2S. The quantitative estimate of drug-likeness (QED) is 0.821. The summed E-state index contributed by atoms with van der Waals surface area (Å²) in [4.78, 5) is 5.49. The molecule has 2 aromatic rings. The molecule has 0 spiro atoms. The van der Waals surface area contributed by atoms with Gasteiger partial charge in [0.25, 0.3) is 0 Å². The summed E-state index contributed by atoms with van der Waals surface area (Å²) in [6, 6.07) is 2.56. The second-order valence-electron chi connectivity index (χ2n) is 6.04. The molecule has 0 atom stereocenters. The monoisotopic (exact) mass is 376 g/mol. The molecule has 0 amide bonds. The molecule has 0 unspecified atom stereocenters. The predicted octanol–water partition coefficient (Wildman–Crippen LogP) is 2.84. The Hall–Kier alpha value is -2.10. The van der Waals surface area contributed by atoms with Crippen molar-refractivity contribution < 1.29 is 21.6 Å². The Kier molecular flexibility index (Phi) is 4.86. The van der Waals surface area contributed by atoms with Gasteiger partial charge in [-0.2, -0.15) is 18.3 Å². The summed E-state index contributed by atoms with van der Waals surface area (Å²) < 4.78 is 63.9. The van der Waals surface area contributed by atoms with Crippen molar-refractivity contribution in [2.45, 2.75) is 38.0 Å². The molecule has 0 aromatic carbocycles. The largest absolute Gasteiger partial charge is 0.435 e. The molecule has 0 aliphatic carbocycles. The number of halogens is 3. The number of anilines is 1. The Morgan fingerprint density at radius 1 is 1.24 bits per heavy atom. The minimum Gasteiger partial charge on any atom is -0.357 e. The van der Waals surface area contributed by atoms with Crippen LogP contribution in [0.4, 0.5) is 19.0 Å². The Labute approximate surface area is 144 Å². The molecule has 0 fully saturated rings. The lowest BCUT2D eigenvalue weighted by molar-refractivity contribution is -0.141. The highest BCUT2D eigenvalue weighted by Gasteiger charge is 2.39. The Balaban J connectivity index is 2.67. The molecule has 0 saturated carbocycles. The highest BCUT2D eigenvalue weighted by Crippen LogP contribution is 2.36. The van der Waals surface area contributed by atoms with Crippen LogP contribution in [0.15, 0.2) is 23.4 Å². The minimum atomic E-state index is -4.60. The molecule has 25 heavy (non-hydrogen) atoms. The second kappa shape index (κ2) is 6.32. The third-order valence-electron chi connectivity index (χ3n) is 3.81. The van der Waals surface area contributed by atoms with E-state index in [1.165, 1.54) is 25.3 Å². The summed E-state index contributed by atoms with van der Waals surface area (Å²) >= 11 is 0. The first kappa shape index (κ1) is 19.2. The summed E-state index contributed by atoms with van der Waals surface area (Å²) in [5.41, 5.74) is -0.744. The SMILES string of the molecule is Cc1c(C(F)(F)F)nn(-c2ccc(S(C)(=O)=O)nc2)c1N(C)C(C)C. The van der Waals surface area contributed by atoms with Crippen LogP contribution < -0.4 is 4.90 Å². The average molecular weight is 376 g/mol. The molecule has 0 aliphatic heterocycles. The van der Waals surface area contributed by atoms with E-state index in [9.17, 15) is 21.6 Å². The molecule has 0 saturated heterocycles. The van der Waals surface area contributed by atoms with Gasteiger partial charge >= 0.3 is 6.18 Å². The van der Waals surface area contributed by atoms with Crippen LogP contribution in [0.5, 0.6) is 0 Å². The van der Waals surface area contributed by atoms with Crippen molar-refractivity contribution in [3.63, 3.8) is 0 Å². The Morgan fingerprint density at radius 3 is 2.24 bits per heavy atom. The molecule has 0 aliphatic rings. The molecule has 0 radical (unpaired) electrons. The fraction of sp³-hybridized carbons (Fsp3) is 0.467. The van der Waals surface area contributed by atoms with Crippen molar-refractivity contribution in [2.75, 3.05) is 18.2 Å². The third-order valence-corrected chi connectivity index (χ3v) is 4.81. The molecule has 2 aromatic heterocycles. The van der Waals surface area contributed by atoms with Gasteiger partial charge in [0.15, 0.2) is 20.6 Å². The number of rotatable bonds is 4. The van der Waals surface area contributed by atoms with Gasteiger partial charge in [0, 0.05) is 24.9 Å². The van der Waals surface area contributed by atoms with Gasteiger partial charge in [-0.05, 0) is 32.9 Å². The first-order valence-corrected chi connectivity index (χ1v) is 9.29. The van der Waals surface area contributed by atoms with Gasteiger partial charge in [-0.25, -0.2) is 18.1 Å². The first-order valence-electron chi connectivity index (χ1n) is 7.40. The standard InChI is InChI=1S/C15H19F3N4O2S/c1-9(2)21(4)14-10(3)13(15(16,17)18)20-22(14)11-6-7-12(19-8-11)25(5,23)24/h6-9H,1-5H3. The van der Waals surface area contributed by atoms with E-state index in [2.05, 4.69) is 10.1 Å². The molecule has 138 valence electrons. The van der Waals surface area contributed by atoms with Gasteiger partial charge in [-0.15, -0.1) is 0 Å². The Morgan fingerprint density at radius 2 is 1.84 bits per heavy atom. The number of hydrogen-bond acceptors (Lipinski definition) is 5. The van der Waals surface area contributed by atoms with Crippen LogP contribution in [-0.2, 0) is 16.0 Å². The number of hydrogen-bond donors (Lipinski definition) is 0. The zero-order chi connectivity index (χ0) is 19.2. The van der Waals surface area contributed by atoms with Crippen LogP contribution in [0.1, 0.15) is 25.1 Å². The van der Waals surface area contributed by atoms with Crippen LogP contribution in [-0.4, -0.2) is 42.5 Å². The third kappa shape index (κ3) is 3.78. The lowest BCUT2D eigenvalue weighted by Crippen LogP contribution is -2.28. The molecule has 0 N–H and O–H groups in total. The number of aromatic nitrogens is 3. The van der Waals surface area contributed by atoms with Crippen LogP contribution in [0.3, 0.4) is 0 Å². The van der Waals surface area contributed by atoms with Gasteiger partial charge in [-0.3, -0.25) is 0 Å². The van der Waals surface area contributed by atoms with Crippen LogP contribution in [0.2, 0.25) is 0 Å². The zero-order valence-electron chi connectivity index (χ0n) is 14.5. The van der Waals surface area contributed by atoms with Gasteiger partial charge < -0.3 is 4.90 Å². The van der Waals surface area contributed by atoms with Crippen molar-refractivity contribution >= 4 is 15.7 Å². The van der Waals surface area contributed by atoms with Crippen LogP contribution in [0.25, 0.3) is 5.69 Å². The lowest BCUT2D eigenvalue weighted by atomic mass is 10.2. The molecule has 10 heteroatoms. The van der Waals surface area contributed by atoms with Gasteiger partial charge in [0.2, 0.25) is 0 Å². The number of nitrogens with zero attached hydrogens (tertiary/aromatic N) is 4. The molecule has 2 heterocycles. The minimum absolute atomic E-state index is 0.00381. The van der Waals surface area contributed by atoms with Gasteiger partial charge in [-0.1, -0.05) is 0 Å². The molecule has 2 rings (SSSR count). The maximum Gasteiger partial charge on any atom is 0.435 e. The maximum absolute atomic E-state index is 13.3. The topological polar surface area (TPSA) is 68.1 Å². The second-order valence-corrected chi connectivity index (χ2v) is 8.00. The van der Waals surface area contributed by atoms with Crippen molar-refractivity contribution in [3.8, 4) is 5.69 Å². The smallest absolute Gasteiger partial charge is 0.357 e. The van der Waals surface area contributed by atoms with Crippen molar-refractivity contribution in [1.29, 1.82) is 0 Å². The van der Waals surface area contributed by atoms with Crippen molar-refractivity contribution in [1.82, 2.24) is 14.8 Å². The average Bonchev–Trinajstić information content (AvgIpc) is 2.83. The molecule has 6 nitrogen and oxygen atoms in total. The van der Waals surface area contributed by atoms with E-state index < -0.39 is 21.7 Å². The first-order chi connectivity index (χ1) is 11.3. The van der Waals surface area contributed by atoms with Gasteiger partial charge in [0.1, 0.15) is 5.82 Å². The van der Waals surface area contributed by atoms with E-state index in [4.69, 9.17) is 0 Å².